The number of carbonyl (C=O) groups is 1. The van der Waals surface area contributed by atoms with Crippen molar-refractivity contribution in [2.75, 3.05) is 43.2 Å². The number of anilines is 2. The summed E-state index contributed by atoms with van der Waals surface area (Å²) < 4.78 is 50.1. The number of carbonyl (C=O) groups excluding carboxylic acids is 1. The lowest BCUT2D eigenvalue weighted by Gasteiger charge is -2.44. The van der Waals surface area contributed by atoms with E-state index in [1.807, 2.05) is 7.05 Å². The molecule has 2 aliphatic rings. The number of amides is 1. The molecular formula is C26H28F3N5O3. The SMILES string of the molecule is CN(c1ccc(F)cc1N(C=O)Cc1ccc(-c2nnc(C(F)F)o2)cc1)C1CCN(C2COC2)CC1. The van der Waals surface area contributed by atoms with Gasteiger partial charge in [-0.05, 0) is 48.7 Å². The molecule has 3 aromatic rings. The minimum absolute atomic E-state index is 0.0148. The molecule has 3 heterocycles. The van der Waals surface area contributed by atoms with Crippen molar-refractivity contribution in [3.8, 4) is 11.5 Å². The number of rotatable bonds is 9. The lowest BCUT2D eigenvalue weighted by atomic mass is 10.00. The first kappa shape index (κ1) is 25.2. The van der Waals surface area contributed by atoms with Crippen molar-refractivity contribution in [1.82, 2.24) is 15.1 Å². The van der Waals surface area contributed by atoms with Crippen molar-refractivity contribution in [1.29, 1.82) is 0 Å². The molecule has 196 valence electrons. The van der Waals surface area contributed by atoms with Gasteiger partial charge in [0.05, 0.1) is 37.2 Å². The molecule has 0 saturated carbocycles. The van der Waals surface area contributed by atoms with Gasteiger partial charge in [-0.3, -0.25) is 9.69 Å². The number of hydrogen-bond acceptors (Lipinski definition) is 7. The van der Waals surface area contributed by atoms with Gasteiger partial charge >= 0.3 is 6.43 Å². The number of likely N-dealkylation sites (tertiary alicyclic amines) is 1. The van der Waals surface area contributed by atoms with Crippen LogP contribution in [0.25, 0.3) is 11.5 Å². The van der Waals surface area contributed by atoms with Crippen LogP contribution in [0, 0.1) is 5.82 Å². The molecule has 0 spiro atoms. The van der Waals surface area contributed by atoms with E-state index in [4.69, 9.17) is 9.15 Å². The molecule has 1 amide bonds. The van der Waals surface area contributed by atoms with Crippen molar-refractivity contribution >= 4 is 17.8 Å². The molecule has 0 radical (unpaired) electrons. The molecule has 11 heteroatoms. The van der Waals surface area contributed by atoms with Gasteiger partial charge in [0.25, 0.3) is 5.89 Å². The molecular weight excluding hydrogens is 487 g/mol. The molecule has 0 unspecified atom stereocenters. The van der Waals surface area contributed by atoms with Crippen molar-refractivity contribution < 1.29 is 27.1 Å². The molecule has 37 heavy (non-hydrogen) atoms. The van der Waals surface area contributed by atoms with Crippen LogP contribution in [0.4, 0.5) is 24.5 Å². The van der Waals surface area contributed by atoms with E-state index in [9.17, 15) is 18.0 Å². The topological polar surface area (TPSA) is 74.9 Å². The fraction of sp³-hybridized carbons (Fsp3) is 0.423. The second-order valence-corrected chi connectivity index (χ2v) is 9.38. The highest BCUT2D eigenvalue weighted by atomic mass is 19.3. The molecule has 1 aromatic heterocycles. The Morgan fingerprint density at radius 3 is 2.41 bits per heavy atom. The largest absolute Gasteiger partial charge is 0.415 e. The van der Waals surface area contributed by atoms with Crippen molar-refractivity contribution in [3.05, 3.63) is 59.7 Å². The molecule has 8 nitrogen and oxygen atoms in total. The molecule has 2 aromatic carbocycles. The number of piperidine rings is 1. The number of alkyl halides is 2. The molecule has 2 fully saturated rings. The maximum atomic E-state index is 14.3. The zero-order valence-corrected chi connectivity index (χ0v) is 20.4. The van der Waals surface area contributed by atoms with Gasteiger partial charge in [0.2, 0.25) is 12.3 Å². The summed E-state index contributed by atoms with van der Waals surface area (Å²) in [5.74, 6) is -1.18. The van der Waals surface area contributed by atoms with Crippen molar-refractivity contribution in [2.45, 2.75) is 37.9 Å². The minimum atomic E-state index is -2.84. The molecule has 0 bridgehead atoms. The van der Waals surface area contributed by atoms with E-state index in [0.717, 1.165) is 50.4 Å². The molecule has 0 atom stereocenters. The maximum absolute atomic E-state index is 14.3. The molecule has 0 aliphatic carbocycles. The lowest BCUT2D eigenvalue weighted by Crippen LogP contribution is -2.54. The second-order valence-electron chi connectivity index (χ2n) is 9.38. The van der Waals surface area contributed by atoms with Gasteiger partial charge in [-0.25, -0.2) is 4.39 Å². The van der Waals surface area contributed by atoms with Crippen LogP contribution in [0.15, 0.2) is 46.9 Å². The van der Waals surface area contributed by atoms with Crippen LogP contribution >= 0.6 is 0 Å². The first-order valence-corrected chi connectivity index (χ1v) is 12.2. The van der Waals surface area contributed by atoms with E-state index >= 15 is 0 Å². The summed E-state index contributed by atoms with van der Waals surface area (Å²) in [6.07, 6.45) is -0.221. The Labute approximate surface area is 212 Å². The number of halogens is 3. The Morgan fingerprint density at radius 1 is 1.08 bits per heavy atom. The molecule has 2 saturated heterocycles. The second kappa shape index (κ2) is 10.9. The third-order valence-corrected chi connectivity index (χ3v) is 7.12. The van der Waals surface area contributed by atoms with E-state index in [-0.39, 0.29) is 18.5 Å². The van der Waals surface area contributed by atoms with E-state index in [1.54, 1.807) is 30.3 Å². The third-order valence-electron chi connectivity index (χ3n) is 7.12. The summed E-state index contributed by atoms with van der Waals surface area (Å²) in [7, 11) is 1.99. The highest BCUT2D eigenvalue weighted by Crippen LogP contribution is 2.34. The predicted octanol–water partition coefficient (Wildman–Crippen LogP) is 4.28. The van der Waals surface area contributed by atoms with Crippen LogP contribution in [0.3, 0.4) is 0 Å². The highest BCUT2D eigenvalue weighted by molar-refractivity contribution is 5.84. The highest BCUT2D eigenvalue weighted by Gasteiger charge is 2.31. The summed E-state index contributed by atoms with van der Waals surface area (Å²) in [6, 6.07) is 12.1. The summed E-state index contributed by atoms with van der Waals surface area (Å²) in [6.45, 7) is 3.73. The Bertz CT molecular complexity index is 1210. The summed E-state index contributed by atoms with van der Waals surface area (Å²) >= 11 is 0. The van der Waals surface area contributed by atoms with Crippen LogP contribution in [-0.2, 0) is 16.1 Å². The van der Waals surface area contributed by atoms with E-state index < -0.39 is 18.1 Å². The summed E-state index contributed by atoms with van der Waals surface area (Å²) in [4.78, 5) is 18.2. The first-order valence-electron chi connectivity index (χ1n) is 12.2. The van der Waals surface area contributed by atoms with Gasteiger partial charge in [0, 0.05) is 31.7 Å². The quantitative estimate of drug-likeness (QED) is 0.394. The van der Waals surface area contributed by atoms with E-state index in [2.05, 4.69) is 20.0 Å². The Kier molecular flexibility index (Phi) is 7.43. The average Bonchev–Trinajstić information content (AvgIpc) is 3.38. The fourth-order valence-electron chi connectivity index (χ4n) is 4.86. The van der Waals surface area contributed by atoms with Crippen LogP contribution < -0.4 is 9.80 Å². The number of aromatic nitrogens is 2. The lowest BCUT2D eigenvalue weighted by molar-refractivity contribution is -0.107. The van der Waals surface area contributed by atoms with Crippen molar-refractivity contribution in [2.24, 2.45) is 0 Å². The van der Waals surface area contributed by atoms with Crippen LogP contribution in [-0.4, -0.2) is 66.9 Å². The maximum Gasteiger partial charge on any atom is 0.314 e. The van der Waals surface area contributed by atoms with E-state index in [0.29, 0.717) is 23.7 Å². The average molecular weight is 516 g/mol. The molecule has 5 rings (SSSR count). The van der Waals surface area contributed by atoms with Crippen molar-refractivity contribution in [3.63, 3.8) is 0 Å². The van der Waals surface area contributed by atoms with Crippen LogP contribution in [0.5, 0.6) is 0 Å². The van der Waals surface area contributed by atoms with Crippen LogP contribution in [0.1, 0.15) is 30.7 Å². The minimum Gasteiger partial charge on any atom is -0.415 e. The van der Waals surface area contributed by atoms with Crippen LogP contribution in [0.2, 0.25) is 0 Å². The van der Waals surface area contributed by atoms with Gasteiger partial charge in [-0.1, -0.05) is 12.1 Å². The Balaban J connectivity index is 1.30. The Hall–Kier alpha value is -3.44. The zero-order valence-electron chi connectivity index (χ0n) is 20.4. The molecule has 0 N–H and O–H groups in total. The standard InChI is InChI=1S/C26H28F3N5O3/c1-32(20-8-10-33(11-9-20)21-14-36-15-21)22-7-6-19(27)12-23(22)34(16-35)13-17-2-4-18(5-3-17)25-30-31-26(37-25)24(28)29/h2-7,12,16,20-21,24H,8-11,13-15H2,1H3. The van der Waals surface area contributed by atoms with Gasteiger partial charge < -0.3 is 19.0 Å². The third kappa shape index (κ3) is 5.47. The Morgan fingerprint density at radius 2 is 1.81 bits per heavy atom. The zero-order chi connectivity index (χ0) is 25.9. The smallest absolute Gasteiger partial charge is 0.314 e. The first-order chi connectivity index (χ1) is 17.9. The molecule has 2 aliphatic heterocycles. The normalized spacial score (nSPS) is 17.1. The number of hydrogen-bond donors (Lipinski definition) is 0. The fourth-order valence-corrected chi connectivity index (χ4v) is 4.86. The van der Waals surface area contributed by atoms with Gasteiger partial charge in [-0.2, -0.15) is 8.78 Å². The summed E-state index contributed by atoms with van der Waals surface area (Å²) in [5, 5.41) is 6.99. The number of ether oxygens (including phenoxy) is 1. The monoisotopic (exact) mass is 515 g/mol. The van der Waals surface area contributed by atoms with Gasteiger partial charge in [-0.15, -0.1) is 10.2 Å². The predicted molar refractivity (Wildman–Crippen MR) is 131 cm³/mol. The van der Waals surface area contributed by atoms with Gasteiger partial charge in [0.1, 0.15) is 5.82 Å². The number of nitrogens with zero attached hydrogens (tertiary/aromatic N) is 5. The van der Waals surface area contributed by atoms with Gasteiger partial charge in [0.15, 0.2) is 0 Å². The summed E-state index contributed by atoms with van der Waals surface area (Å²) in [5.41, 5.74) is 2.50. The van der Waals surface area contributed by atoms with E-state index in [1.165, 1.54) is 17.0 Å². The number of benzene rings is 2.